The van der Waals surface area contributed by atoms with Crippen molar-refractivity contribution >= 4 is 23.7 Å². The van der Waals surface area contributed by atoms with Crippen molar-refractivity contribution in [2.45, 2.75) is 32.9 Å². The van der Waals surface area contributed by atoms with Gasteiger partial charge in [-0.15, -0.1) is 0 Å². The van der Waals surface area contributed by atoms with Gasteiger partial charge in [0.2, 0.25) is 5.91 Å². The normalized spacial score (nSPS) is 20.4. The molecule has 0 aromatic heterocycles. The Morgan fingerprint density at radius 2 is 2.11 bits per heavy atom. The molecule has 1 fully saturated rings. The lowest BCUT2D eigenvalue weighted by molar-refractivity contribution is -0.121. The summed E-state index contributed by atoms with van der Waals surface area (Å²) in [6, 6.07) is 6.61. The molecule has 3 N–H and O–H groups in total. The van der Waals surface area contributed by atoms with Crippen LogP contribution in [-0.4, -0.2) is 60.0 Å². The van der Waals surface area contributed by atoms with Crippen molar-refractivity contribution in [2.75, 3.05) is 31.5 Å². The molecule has 5 amide bonds. The number of hydrogen-bond donors (Lipinski definition) is 3. The fraction of sp³-hybridized carbons (Fsp3) is 0.526. The molecule has 2 aliphatic heterocycles. The molecular weight excluding hydrogens is 346 g/mol. The Bertz CT molecular complexity index is 723. The van der Waals surface area contributed by atoms with Gasteiger partial charge in [0.1, 0.15) is 6.04 Å². The van der Waals surface area contributed by atoms with Crippen molar-refractivity contribution in [2.24, 2.45) is 5.92 Å². The molecule has 2 aliphatic rings. The van der Waals surface area contributed by atoms with Crippen molar-refractivity contribution in [3.8, 4) is 0 Å². The summed E-state index contributed by atoms with van der Waals surface area (Å²) in [6.07, 6.45) is 0.784. The largest absolute Gasteiger partial charge is 0.336 e. The highest BCUT2D eigenvalue weighted by atomic mass is 16.2. The Hall–Kier alpha value is -2.77. The predicted octanol–water partition coefficient (Wildman–Crippen LogP) is 1.59. The van der Waals surface area contributed by atoms with Gasteiger partial charge in [0.05, 0.1) is 6.54 Å². The molecule has 2 atom stereocenters. The van der Waals surface area contributed by atoms with Crippen molar-refractivity contribution in [1.82, 2.24) is 20.4 Å². The van der Waals surface area contributed by atoms with E-state index in [1.54, 1.807) is 9.80 Å². The number of amides is 5. The van der Waals surface area contributed by atoms with Crippen LogP contribution in [0, 0.1) is 5.92 Å². The summed E-state index contributed by atoms with van der Waals surface area (Å²) in [7, 11) is 0. The highest BCUT2D eigenvalue weighted by Gasteiger charge is 2.36. The Balaban J connectivity index is 1.73. The molecule has 0 saturated carbocycles. The third kappa shape index (κ3) is 4.15. The number of rotatable bonds is 5. The molecule has 0 radical (unpaired) electrons. The van der Waals surface area contributed by atoms with Crippen LogP contribution in [0.25, 0.3) is 0 Å². The first-order valence-electron chi connectivity index (χ1n) is 9.47. The van der Waals surface area contributed by atoms with Crippen LogP contribution >= 0.6 is 0 Å². The molecule has 27 heavy (non-hydrogen) atoms. The fourth-order valence-corrected chi connectivity index (χ4v) is 3.52. The highest BCUT2D eigenvalue weighted by molar-refractivity contribution is 5.98. The molecular formula is C19H27N5O3. The standard InChI is InChI=1S/C19H27N5O3/c1-3-13(2)16-17(25)22-15-7-5-4-6-14(15)12-24(16)19(27)21-9-11-23-10-8-20-18(23)26/h4-7,13,16H,3,8-12H2,1-2H3,(H,20,26)(H,21,27)(H,22,25)/t13-,16-/m0/s1. The zero-order valence-corrected chi connectivity index (χ0v) is 15.8. The topological polar surface area (TPSA) is 93.8 Å². The molecule has 1 aromatic rings. The van der Waals surface area contributed by atoms with Gasteiger partial charge in [-0.05, 0) is 17.5 Å². The van der Waals surface area contributed by atoms with E-state index in [4.69, 9.17) is 0 Å². The lowest BCUT2D eigenvalue weighted by Crippen LogP contribution is -2.53. The van der Waals surface area contributed by atoms with E-state index in [2.05, 4.69) is 16.0 Å². The Labute approximate surface area is 159 Å². The number of nitrogens with zero attached hydrogens (tertiary/aromatic N) is 2. The summed E-state index contributed by atoms with van der Waals surface area (Å²) in [6.45, 7) is 6.42. The molecule has 0 bridgehead atoms. The smallest absolute Gasteiger partial charge is 0.318 e. The summed E-state index contributed by atoms with van der Waals surface area (Å²) in [4.78, 5) is 40.6. The summed E-state index contributed by atoms with van der Waals surface area (Å²) in [5, 5.41) is 8.57. The molecule has 2 heterocycles. The summed E-state index contributed by atoms with van der Waals surface area (Å²) < 4.78 is 0. The van der Waals surface area contributed by atoms with Crippen LogP contribution in [0.3, 0.4) is 0 Å². The molecule has 1 saturated heterocycles. The lowest BCUT2D eigenvalue weighted by Gasteiger charge is -2.32. The first kappa shape index (κ1) is 19.0. The van der Waals surface area contributed by atoms with Gasteiger partial charge >= 0.3 is 12.1 Å². The van der Waals surface area contributed by atoms with Crippen molar-refractivity contribution in [3.63, 3.8) is 0 Å². The van der Waals surface area contributed by atoms with Gasteiger partial charge in [-0.1, -0.05) is 38.5 Å². The van der Waals surface area contributed by atoms with Gasteiger partial charge in [-0.25, -0.2) is 9.59 Å². The van der Waals surface area contributed by atoms with Crippen molar-refractivity contribution < 1.29 is 14.4 Å². The minimum absolute atomic E-state index is 0.0226. The Morgan fingerprint density at radius 3 is 2.81 bits per heavy atom. The number of carbonyl (C=O) groups is 3. The third-order valence-corrected chi connectivity index (χ3v) is 5.27. The van der Waals surface area contributed by atoms with Crippen LogP contribution in [0.4, 0.5) is 15.3 Å². The van der Waals surface area contributed by atoms with Crippen LogP contribution in [0.1, 0.15) is 25.8 Å². The van der Waals surface area contributed by atoms with Gasteiger partial charge in [-0.2, -0.15) is 0 Å². The second kappa shape index (κ2) is 8.28. The predicted molar refractivity (Wildman–Crippen MR) is 102 cm³/mol. The zero-order valence-electron chi connectivity index (χ0n) is 15.8. The number of benzene rings is 1. The number of nitrogens with one attached hydrogen (secondary N) is 3. The second-order valence-corrected chi connectivity index (χ2v) is 7.06. The quantitative estimate of drug-likeness (QED) is 0.732. The average Bonchev–Trinajstić information content (AvgIpc) is 2.99. The zero-order chi connectivity index (χ0) is 19.4. The second-order valence-electron chi connectivity index (χ2n) is 7.06. The van der Waals surface area contributed by atoms with Gasteiger partial charge in [0, 0.05) is 31.9 Å². The van der Waals surface area contributed by atoms with Gasteiger partial charge in [0.15, 0.2) is 0 Å². The van der Waals surface area contributed by atoms with E-state index >= 15 is 0 Å². The molecule has 0 aliphatic carbocycles. The molecule has 146 valence electrons. The van der Waals surface area contributed by atoms with E-state index in [-0.39, 0.29) is 23.9 Å². The van der Waals surface area contributed by atoms with Crippen LogP contribution in [0.5, 0.6) is 0 Å². The van der Waals surface area contributed by atoms with E-state index in [0.717, 1.165) is 17.7 Å². The Kier molecular flexibility index (Phi) is 5.83. The van der Waals surface area contributed by atoms with Crippen LogP contribution in [-0.2, 0) is 11.3 Å². The number of urea groups is 2. The van der Waals surface area contributed by atoms with E-state index in [0.29, 0.717) is 32.7 Å². The Morgan fingerprint density at radius 1 is 1.33 bits per heavy atom. The minimum atomic E-state index is -0.544. The number of anilines is 1. The first-order valence-corrected chi connectivity index (χ1v) is 9.47. The van der Waals surface area contributed by atoms with Gasteiger partial charge in [0.25, 0.3) is 0 Å². The lowest BCUT2D eigenvalue weighted by atomic mass is 9.97. The molecule has 8 heteroatoms. The maximum atomic E-state index is 12.9. The molecule has 0 unspecified atom stereocenters. The average molecular weight is 373 g/mol. The number of para-hydroxylation sites is 1. The van der Waals surface area contributed by atoms with Gasteiger partial charge < -0.3 is 25.8 Å². The minimum Gasteiger partial charge on any atom is -0.336 e. The maximum Gasteiger partial charge on any atom is 0.318 e. The van der Waals surface area contributed by atoms with Crippen molar-refractivity contribution in [3.05, 3.63) is 29.8 Å². The SMILES string of the molecule is CC[C@H](C)[C@H]1C(=O)Nc2ccccc2CN1C(=O)NCCN1CCNC1=O. The van der Waals surface area contributed by atoms with Crippen LogP contribution in [0.15, 0.2) is 24.3 Å². The third-order valence-electron chi connectivity index (χ3n) is 5.27. The molecule has 0 spiro atoms. The maximum absolute atomic E-state index is 12.9. The number of hydrogen-bond acceptors (Lipinski definition) is 3. The van der Waals surface area contributed by atoms with Gasteiger partial charge in [-0.3, -0.25) is 4.79 Å². The van der Waals surface area contributed by atoms with Crippen LogP contribution in [0.2, 0.25) is 0 Å². The first-order chi connectivity index (χ1) is 13.0. The van der Waals surface area contributed by atoms with E-state index in [1.165, 1.54) is 0 Å². The number of fused-ring (bicyclic) bond motifs is 1. The van der Waals surface area contributed by atoms with Crippen molar-refractivity contribution in [1.29, 1.82) is 0 Å². The fourth-order valence-electron chi connectivity index (χ4n) is 3.52. The molecule has 8 nitrogen and oxygen atoms in total. The summed E-state index contributed by atoms with van der Waals surface area (Å²) >= 11 is 0. The monoisotopic (exact) mass is 373 g/mol. The molecule has 3 rings (SSSR count). The van der Waals surface area contributed by atoms with E-state index in [1.807, 2.05) is 38.1 Å². The van der Waals surface area contributed by atoms with Crippen LogP contribution < -0.4 is 16.0 Å². The van der Waals surface area contributed by atoms with E-state index in [9.17, 15) is 14.4 Å². The van der Waals surface area contributed by atoms with E-state index < -0.39 is 6.04 Å². The number of carbonyl (C=O) groups excluding carboxylic acids is 3. The highest BCUT2D eigenvalue weighted by Crippen LogP contribution is 2.27. The summed E-state index contributed by atoms with van der Waals surface area (Å²) in [5.41, 5.74) is 1.66. The summed E-state index contributed by atoms with van der Waals surface area (Å²) in [5.74, 6) is -0.141. The molecule has 1 aromatic carbocycles.